The molecule has 0 unspecified atom stereocenters. The lowest BCUT2D eigenvalue weighted by Crippen LogP contribution is -2.38. The van der Waals surface area contributed by atoms with E-state index in [1.54, 1.807) is 15.5 Å². The number of nitrogens with zero attached hydrogens (tertiary/aromatic N) is 6. The molecule has 0 radical (unpaired) electrons. The minimum absolute atomic E-state index is 0.0457. The summed E-state index contributed by atoms with van der Waals surface area (Å²) in [6.07, 6.45) is 2.49. The predicted octanol–water partition coefficient (Wildman–Crippen LogP) is 1.79. The number of amides is 2. The number of carbonyl (C=O) groups is 2. The molecule has 0 N–H and O–H groups in total. The highest BCUT2D eigenvalue weighted by molar-refractivity contribution is 7.12. The van der Waals surface area contributed by atoms with Crippen LogP contribution in [0.5, 0.6) is 0 Å². The van der Waals surface area contributed by atoms with Crippen molar-refractivity contribution in [3.8, 4) is 0 Å². The van der Waals surface area contributed by atoms with E-state index in [1.807, 2.05) is 36.3 Å². The largest absolute Gasteiger partial charge is 0.336 e. The molecule has 4 heterocycles. The second-order valence-corrected chi connectivity index (χ2v) is 7.55. The van der Waals surface area contributed by atoms with Crippen LogP contribution in [0, 0.1) is 13.8 Å². The van der Waals surface area contributed by atoms with Gasteiger partial charge in [0.2, 0.25) is 5.82 Å². The second kappa shape index (κ2) is 7.07. The lowest BCUT2D eigenvalue weighted by atomic mass is 10.2. The van der Waals surface area contributed by atoms with Crippen molar-refractivity contribution in [3.05, 3.63) is 45.7 Å². The highest BCUT2D eigenvalue weighted by Crippen LogP contribution is 2.19. The van der Waals surface area contributed by atoms with E-state index in [2.05, 4.69) is 15.2 Å². The molecule has 0 saturated carbocycles. The van der Waals surface area contributed by atoms with Crippen molar-refractivity contribution in [2.45, 2.75) is 20.3 Å². The summed E-state index contributed by atoms with van der Waals surface area (Å²) >= 11 is 1.47. The van der Waals surface area contributed by atoms with Gasteiger partial charge in [-0.25, -0.2) is 4.98 Å². The van der Waals surface area contributed by atoms with Crippen molar-refractivity contribution in [2.24, 2.45) is 0 Å². The summed E-state index contributed by atoms with van der Waals surface area (Å²) in [7, 11) is 0. The van der Waals surface area contributed by atoms with Gasteiger partial charge in [-0.15, -0.1) is 21.5 Å². The summed E-state index contributed by atoms with van der Waals surface area (Å²) in [5, 5.41) is 9.96. The third kappa shape index (κ3) is 3.30. The molecule has 2 amide bonds. The van der Waals surface area contributed by atoms with Crippen LogP contribution in [0.25, 0.3) is 5.78 Å². The zero-order chi connectivity index (χ0) is 19.0. The number of carbonyl (C=O) groups excluding carboxylic acids is 2. The molecular formula is C18H20N6O2S. The molecule has 1 fully saturated rings. The lowest BCUT2D eigenvalue weighted by molar-refractivity contribution is 0.0713. The van der Waals surface area contributed by atoms with Gasteiger partial charge in [-0.05, 0) is 43.3 Å². The zero-order valence-electron chi connectivity index (χ0n) is 15.3. The van der Waals surface area contributed by atoms with Crippen LogP contribution in [0.4, 0.5) is 0 Å². The molecule has 9 heteroatoms. The fourth-order valence-corrected chi connectivity index (χ4v) is 4.11. The van der Waals surface area contributed by atoms with Crippen molar-refractivity contribution in [3.63, 3.8) is 0 Å². The minimum Gasteiger partial charge on any atom is -0.336 e. The summed E-state index contributed by atoms with van der Waals surface area (Å²) in [4.78, 5) is 34.3. The van der Waals surface area contributed by atoms with E-state index in [4.69, 9.17) is 0 Å². The molecule has 1 aliphatic rings. The molecule has 3 aromatic heterocycles. The summed E-state index contributed by atoms with van der Waals surface area (Å²) in [5.41, 5.74) is 1.82. The molecule has 27 heavy (non-hydrogen) atoms. The molecule has 4 rings (SSSR count). The van der Waals surface area contributed by atoms with Crippen molar-refractivity contribution in [1.82, 2.24) is 29.4 Å². The molecule has 0 aliphatic carbocycles. The SMILES string of the molecule is Cc1ccn2c(C(=O)N3CCCN(C(=O)c4sccc4C)CC3)nnc2n1. The van der Waals surface area contributed by atoms with Gasteiger partial charge in [0, 0.05) is 38.1 Å². The average Bonchev–Trinajstić information content (AvgIpc) is 3.18. The van der Waals surface area contributed by atoms with Gasteiger partial charge in [-0.2, -0.15) is 0 Å². The van der Waals surface area contributed by atoms with E-state index in [-0.39, 0.29) is 17.6 Å². The number of rotatable bonds is 2. The molecule has 1 aliphatic heterocycles. The standard InChI is InChI=1S/C18H20N6O2S/c1-12-5-11-27-14(12)16(25)22-6-3-7-23(10-9-22)17(26)15-20-21-18-19-13(2)4-8-24(15)18/h4-5,8,11H,3,6-7,9-10H2,1-2H3. The van der Waals surface area contributed by atoms with Crippen LogP contribution < -0.4 is 0 Å². The van der Waals surface area contributed by atoms with E-state index in [1.165, 1.54) is 11.3 Å². The minimum atomic E-state index is -0.185. The third-order valence-corrected chi connectivity index (χ3v) is 5.74. The molecule has 0 atom stereocenters. The predicted molar refractivity (Wildman–Crippen MR) is 101 cm³/mol. The number of thiophene rings is 1. The quantitative estimate of drug-likeness (QED) is 0.673. The molecule has 3 aromatic rings. The van der Waals surface area contributed by atoms with E-state index >= 15 is 0 Å². The topological polar surface area (TPSA) is 83.7 Å². The Balaban J connectivity index is 1.50. The van der Waals surface area contributed by atoms with Gasteiger partial charge < -0.3 is 9.80 Å². The first kappa shape index (κ1) is 17.6. The maximum Gasteiger partial charge on any atom is 0.292 e. The number of hydrogen-bond donors (Lipinski definition) is 0. The van der Waals surface area contributed by atoms with Gasteiger partial charge in [0.15, 0.2) is 0 Å². The summed E-state index contributed by atoms with van der Waals surface area (Å²) in [6, 6.07) is 3.77. The van der Waals surface area contributed by atoms with Gasteiger partial charge in [0.05, 0.1) is 4.88 Å². The van der Waals surface area contributed by atoms with Crippen molar-refractivity contribution >= 4 is 28.9 Å². The fraction of sp³-hybridized carbons (Fsp3) is 0.389. The highest BCUT2D eigenvalue weighted by Gasteiger charge is 2.27. The first-order chi connectivity index (χ1) is 13.0. The monoisotopic (exact) mass is 384 g/mol. The Morgan fingerprint density at radius 1 is 1.00 bits per heavy atom. The molecule has 140 valence electrons. The van der Waals surface area contributed by atoms with Crippen molar-refractivity contribution in [1.29, 1.82) is 0 Å². The molecule has 0 aromatic carbocycles. The normalized spacial score (nSPS) is 15.2. The van der Waals surface area contributed by atoms with Crippen LogP contribution in [0.1, 0.15) is 38.0 Å². The van der Waals surface area contributed by atoms with Crippen molar-refractivity contribution < 1.29 is 9.59 Å². The van der Waals surface area contributed by atoms with Gasteiger partial charge in [-0.3, -0.25) is 14.0 Å². The molecule has 0 bridgehead atoms. The zero-order valence-corrected chi connectivity index (χ0v) is 16.1. The van der Waals surface area contributed by atoms with E-state index in [9.17, 15) is 9.59 Å². The smallest absolute Gasteiger partial charge is 0.292 e. The first-order valence-corrected chi connectivity index (χ1v) is 9.73. The molecular weight excluding hydrogens is 364 g/mol. The van der Waals surface area contributed by atoms with Crippen molar-refractivity contribution in [2.75, 3.05) is 26.2 Å². The van der Waals surface area contributed by atoms with Crippen LogP contribution in [-0.2, 0) is 0 Å². The summed E-state index contributed by atoms with van der Waals surface area (Å²) in [6.45, 7) is 6.02. The van der Waals surface area contributed by atoms with Gasteiger partial charge in [0.25, 0.3) is 17.6 Å². The molecule has 1 saturated heterocycles. The lowest BCUT2D eigenvalue weighted by Gasteiger charge is -2.21. The Morgan fingerprint density at radius 2 is 1.74 bits per heavy atom. The van der Waals surface area contributed by atoms with E-state index in [0.717, 1.165) is 22.6 Å². The summed E-state index contributed by atoms with van der Waals surface area (Å²) < 4.78 is 1.61. The first-order valence-electron chi connectivity index (χ1n) is 8.85. The van der Waals surface area contributed by atoms with Gasteiger partial charge >= 0.3 is 0 Å². The van der Waals surface area contributed by atoms with E-state index < -0.39 is 0 Å². The number of aromatic nitrogens is 4. The van der Waals surface area contributed by atoms with E-state index in [0.29, 0.717) is 32.0 Å². The third-order valence-electron chi connectivity index (χ3n) is 4.74. The average molecular weight is 384 g/mol. The van der Waals surface area contributed by atoms with Crippen LogP contribution in [-0.4, -0.2) is 67.4 Å². The highest BCUT2D eigenvalue weighted by atomic mass is 32.1. The Morgan fingerprint density at radius 3 is 2.44 bits per heavy atom. The maximum atomic E-state index is 12.9. The molecule has 8 nitrogen and oxygen atoms in total. The van der Waals surface area contributed by atoms with Crippen LogP contribution in [0.15, 0.2) is 23.7 Å². The van der Waals surface area contributed by atoms with Crippen LogP contribution in [0.2, 0.25) is 0 Å². The van der Waals surface area contributed by atoms with Gasteiger partial charge in [-0.1, -0.05) is 0 Å². The Bertz CT molecular complexity index is 1010. The Kier molecular flexibility index (Phi) is 4.61. The molecule has 0 spiro atoms. The number of aryl methyl sites for hydroxylation is 2. The fourth-order valence-electron chi connectivity index (χ4n) is 3.22. The number of hydrogen-bond acceptors (Lipinski definition) is 6. The van der Waals surface area contributed by atoms with Gasteiger partial charge in [0.1, 0.15) is 0 Å². The maximum absolute atomic E-state index is 12.9. The number of fused-ring (bicyclic) bond motifs is 1. The summed E-state index contributed by atoms with van der Waals surface area (Å²) in [5.74, 6) is 0.531. The van der Waals surface area contributed by atoms with Crippen LogP contribution >= 0.6 is 11.3 Å². The Labute approximate surface area is 160 Å². The Hall–Kier alpha value is -2.81. The van der Waals surface area contributed by atoms with Crippen LogP contribution in [0.3, 0.4) is 0 Å². The second-order valence-electron chi connectivity index (χ2n) is 6.63.